The van der Waals surface area contributed by atoms with Crippen molar-refractivity contribution < 1.29 is 0 Å². The van der Waals surface area contributed by atoms with E-state index in [1.165, 1.54) is 106 Å². The van der Waals surface area contributed by atoms with Crippen LogP contribution in [-0.4, -0.2) is 0 Å². The first-order chi connectivity index (χ1) is 28.2. The molecule has 0 atom stereocenters. The zero-order chi connectivity index (χ0) is 42.5. The lowest BCUT2D eigenvalue weighted by Gasteiger charge is -2.22. The summed E-state index contributed by atoms with van der Waals surface area (Å²) in [6.07, 6.45) is 0. The summed E-state index contributed by atoms with van der Waals surface area (Å²) in [7, 11) is 0. The number of rotatable bonds is 0. The molecule has 0 fully saturated rings. The van der Waals surface area contributed by atoms with Gasteiger partial charge in [0, 0.05) is 39.0 Å². The predicted octanol–water partition coefficient (Wildman–Crippen LogP) is 18.8. The summed E-state index contributed by atoms with van der Waals surface area (Å²) in [4.78, 5) is 10.4. The van der Waals surface area contributed by atoms with E-state index in [0.717, 1.165) is 0 Å². The lowest BCUT2D eigenvalue weighted by atomic mass is 9.84. The van der Waals surface area contributed by atoms with Crippen LogP contribution >= 0.6 is 45.3 Å². The molecule has 9 rings (SSSR count). The average molecular weight is 857 g/mol. The quantitative estimate of drug-likeness (QED) is 0.143. The molecule has 0 saturated carbocycles. The van der Waals surface area contributed by atoms with E-state index in [9.17, 15) is 0 Å². The van der Waals surface area contributed by atoms with Gasteiger partial charge in [-0.2, -0.15) is 0 Å². The van der Waals surface area contributed by atoms with Gasteiger partial charge in [0.25, 0.3) is 0 Å². The standard InChI is InChI=1S/C56H56S4/c1-53(2,3)41-25-33-21-34(26-41)46-14-16-48(58-46)36-23-38(30-43(28-36)55(7,8)9)50-18-20-52(60-50)40-24-39(31-44(32-40)56(10,11)12)51-19-17-49(59-51)37-22-35(47-15-13-45(33)57-47)27-42(29-37)54(4,5)6/h13-32H,1-12H3. The van der Waals surface area contributed by atoms with E-state index in [1.807, 2.05) is 45.3 Å². The van der Waals surface area contributed by atoms with Crippen molar-refractivity contribution in [3.63, 3.8) is 0 Å². The second-order valence-corrected chi connectivity index (χ2v) is 25.2. The summed E-state index contributed by atoms with van der Waals surface area (Å²) in [6, 6.07) is 47.8. The van der Waals surface area contributed by atoms with Gasteiger partial charge in [-0.25, -0.2) is 0 Å². The van der Waals surface area contributed by atoms with Gasteiger partial charge in [-0.15, -0.1) is 45.3 Å². The second kappa shape index (κ2) is 14.7. The van der Waals surface area contributed by atoms with Gasteiger partial charge in [0.05, 0.1) is 0 Å². The Kier molecular flexibility index (Phi) is 10.0. The van der Waals surface area contributed by atoms with E-state index in [-0.39, 0.29) is 21.7 Å². The molecule has 0 radical (unpaired) electrons. The molecule has 0 spiro atoms. The predicted molar refractivity (Wildman–Crippen MR) is 270 cm³/mol. The van der Waals surface area contributed by atoms with Crippen molar-refractivity contribution in [3.8, 4) is 83.5 Å². The first kappa shape index (κ1) is 41.1. The summed E-state index contributed by atoms with van der Waals surface area (Å²) >= 11 is 7.64. The number of fused-ring (bicyclic) bond motifs is 24. The van der Waals surface area contributed by atoms with Gasteiger partial charge in [-0.1, -0.05) is 83.1 Å². The zero-order valence-electron chi connectivity index (χ0n) is 37.2. The smallest absolute Gasteiger partial charge is 0.0349 e. The fraction of sp³-hybridized carbons (Fsp3) is 0.286. The van der Waals surface area contributed by atoms with Crippen LogP contribution in [0.5, 0.6) is 0 Å². The molecule has 0 unspecified atom stereocenters. The number of hydrogen-bond acceptors (Lipinski definition) is 4. The summed E-state index contributed by atoms with van der Waals surface area (Å²) in [5, 5.41) is 0. The largest absolute Gasteiger partial charge is 0.135 e. The van der Waals surface area contributed by atoms with Crippen LogP contribution in [0.1, 0.15) is 105 Å². The van der Waals surface area contributed by atoms with Crippen LogP contribution in [0.2, 0.25) is 0 Å². The van der Waals surface area contributed by atoms with E-state index >= 15 is 0 Å². The number of benzene rings is 4. The Labute approximate surface area is 374 Å². The Morgan fingerprint density at radius 2 is 0.350 bits per heavy atom. The molecular formula is C56H56S4. The summed E-state index contributed by atoms with van der Waals surface area (Å²) in [6.45, 7) is 28.0. The molecule has 304 valence electrons. The van der Waals surface area contributed by atoms with Gasteiger partial charge in [0.2, 0.25) is 0 Å². The molecule has 0 amide bonds. The lowest BCUT2D eigenvalue weighted by Crippen LogP contribution is -2.11. The minimum absolute atomic E-state index is 0.00715. The van der Waals surface area contributed by atoms with E-state index in [0.29, 0.717) is 0 Å². The maximum atomic E-state index is 2.43. The van der Waals surface area contributed by atoms with Gasteiger partial charge in [-0.05, 0) is 210 Å². The highest BCUT2D eigenvalue weighted by Crippen LogP contribution is 2.47. The summed E-state index contributed by atoms with van der Waals surface area (Å²) in [5.41, 5.74) is 15.8. The molecular weight excluding hydrogens is 801 g/mol. The SMILES string of the molecule is CC(C)(C)c1cc2cc(c1)-c1ccc(s1)-c1cc(cc(C(C)(C)C)c1)-c1ccc(s1)-c1cc(cc(C(C)(C)C)c1)-c1ccc(s1)-c1cc(cc(C(C)(C)C)c1)-c1ccc-2s1. The minimum Gasteiger partial charge on any atom is -0.135 e. The fourth-order valence-corrected chi connectivity index (χ4v) is 11.9. The molecule has 4 heteroatoms. The maximum Gasteiger partial charge on any atom is 0.0349 e. The van der Waals surface area contributed by atoms with Crippen LogP contribution in [0.3, 0.4) is 0 Å². The average Bonchev–Trinajstić information content (AvgIpc) is 4.03. The Morgan fingerprint density at radius 1 is 0.217 bits per heavy atom. The Bertz CT molecular complexity index is 2360. The van der Waals surface area contributed by atoms with Crippen LogP contribution in [0.4, 0.5) is 0 Å². The molecule has 0 aliphatic carbocycles. The van der Waals surface area contributed by atoms with Crippen molar-refractivity contribution in [2.45, 2.75) is 105 Å². The lowest BCUT2D eigenvalue weighted by molar-refractivity contribution is 0.590. The van der Waals surface area contributed by atoms with E-state index in [2.05, 4.69) is 204 Å². The third-order valence-corrected chi connectivity index (χ3v) is 16.6. The molecule has 0 nitrogen and oxygen atoms in total. The first-order valence-corrected chi connectivity index (χ1v) is 24.5. The number of hydrogen-bond donors (Lipinski definition) is 0. The van der Waals surface area contributed by atoms with Crippen molar-refractivity contribution in [3.05, 3.63) is 144 Å². The molecule has 4 aromatic carbocycles. The Balaban J connectivity index is 1.30. The van der Waals surface area contributed by atoms with E-state index < -0.39 is 0 Å². The highest BCUT2D eigenvalue weighted by atomic mass is 32.1. The second-order valence-electron chi connectivity index (χ2n) is 20.9. The highest BCUT2D eigenvalue weighted by molar-refractivity contribution is 7.20. The Morgan fingerprint density at radius 3 is 0.467 bits per heavy atom. The van der Waals surface area contributed by atoms with Crippen LogP contribution in [-0.2, 0) is 21.7 Å². The number of thiophene rings is 4. The molecule has 1 aliphatic heterocycles. The van der Waals surface area contributed by atoms with E-state index in [1.54, 1.807) is 0 Å². The highest BCUT2D eigenvalue weighted by Gasteiger charge is 2.24. The topological polar surface area (TPSA) is 0 Å². The van der Waals surface area contributed by atoms with Crippen molar-refractivity contribution in [2.24, 2.45) is 0 Å². The van der Waals surface area contributed by atoms with Crippen molar-refractivity contribution in [1.82, 2.24) is 0 Å². The molecule has 0 N–H and O–H groups in total. The fourth-order valence-electron chi connectivity index (χ4n) is 7.97. The zero-order valence-corrected chi connectivity index (χ0v) is 40.4. The van der Waals surface area contributed by atoms with Gasteiger partial charge in [-0.3, -0.25) is 0 Å². The third-order valence-electron chi connectivity index (χ3n) is 11.9. The summed E-state index contributed by atoms with van der Waals surface area (Å²) in [5.74, 6) is 0. The van der Waals surface area contributed by atoms with Gasteiger partial charge < -0.3 is 0 Å². The van der Waals surface area contributed by atoms with Crippen LogP contribution in [0.25, 0.3) is 83.5 Å². The third kappa shape index (κ3) is 8.09. The molecule has 5 heterocycles. The van der Waals surface area contributed by atoms with Crippen molar-refractivity contribution >= 4 is 45.3 Å². The normalized spacial score (nSPS) is 13.0. The minimum atomic E-state index is 0.00715. The van der Waals surface area contributed by atoms with Crippen LogP contribution in [0, 0.1) is 0 Å². The van der Waals surface area contributed by atoms with Gasteiger partial charge in [0.15, 0.2) is 0 Å². The molecule has 4 aromatic heterocycles. The molecule has 1 aliphatic rings. The maximum absolute atomic E-state index is 2.43. The molecule has 8 aromatic rings. The molecule has 60 heavy (non-hydrogen) atoms. The van der Waals surface area contributed by atoms with Crippen molar-refractivity contribution in [2.75, 3.05) is 0 Å². The Hall–Kier alpha value is -4.32. The van der Waals surface area contributed by atoms with Crippen LogP contribution in [0.15, 0.2) is 121 Å². The first-order valence-electron chi connectivity index (χ1n) is 21.2. The molecule has 0 saturated heterocycles. The van der Waals surface area contributed by atoms with Gasteiger partial charge >= 0.3 is 0 Å². The summed E-state index contributed by atoms with van der Waals surface area (Å²) < 4.78 is 0. The van der Waals surface area contributed by atoms with Gasteiger partial charge in [0.1, 0.15) is 0 Å². The van der Waals surface area contributed by atoms with E-state index in [4.69, 9.17) is 0 Å². The monoisotopic (exact) mass is 856 g/mol. The van der Waals surface area contributed by atoms with Crippen LogP contribution < -0.4 is 0 Å². The van der Waals surface area contributed by atoms with Crippen molar-refractivity contribution in [1.29, 1.82) is 0 Å². The molecule has 16 bridgehead atoms.